The highest BCUT2D eigenvalue weighted by atomic mass is 19.4. The van der Waals surface area contributed by atoms with Crippen LogP contribution in [0.2, 0.25) is 0 Å². The Balaban J connectivity index is 1.49. The lowest BCUT2D eigenvalue weighted by Crippen LogP contribution is -2.37. The summed E-state index contributed by atoms with van der Waals surface area (Å²) in [7, 11) is 3.37. The van der Waals surface area contributed by atoms with Crippen molar-refractivity contribution in [1.29, 1.82) is 0 Å². The second-order valence-electron chi connectivity index (χ2n) is 8.49. The minimum absolute atomic E-state index is 0.00517. The van der Waals surface area contributed by atoms with Crippen LogP contribution < -0.4 is 10.1 Å². The molecule has 2 amide bonds. The number of aryl methyl sites for hydroxylation is 1. The summed E-state index contributed by atoms with van der Waals surface area (Å²) < 4.78 is 46.2. The molecule has 0 radical (unpaired) electrons. The highest BCUT2D eigenvalue weighted by Gasteiger charge is 2.36. The molecule has 1 saturated heterocycles. The summed E-state index contributed by atoms with van der Waals surface area (Å²) in [6, 6.07) is 11.5. The molecule has 2 atom stereocenters. The van der Waals surface area contributed by atoms with Crippen LogP contribution in [0.25, 0.3) is 0 Å². The number of likely N-dealkylation sites (tertiary alicyclic amines) is 1. The number of carbonyl (C=O) groups is 2. The highest BCUT2D eigenvalue weighted by molar-refractivity contribution is 5.89. The van der Waals surface area contributed by atoms with Crippen LogP contribution in [0.4, 0.5) is 13.2 Å². The summed E-state index contributed by atoms with van der Waals surface area (Å²) in [6.45, 7) is 0.123. The van der Waals surface area contributed by atoms with Gasteiger partial charge in [-0.05, 0) is 35.4 Å². The van der Waals surface area contributed by atoms with Crippen LogP contribution in [0, 0.1) is 5.92 Å². The molecule has 2 heterocycles. The maximum Gasteiger partial charge on any atom is 0.416 e. The molecule has 10 heteroatoms. The Kier molecular flexibility index (Phi) is 6.81. The number of hydrogen-bond donors (Lipinski definition) is 1. The molecular formula is C25H25F3N4O3. The number of alkyl halides is 3. The first-order valence-corrected chi connectivity index (χ1v) is 11.0. The number of halogens is 3. The van der Waals surface area contributed by atoms with E-state index in [-0.39, 0.29) is 31.3 Å². The smallest absolute Gasteiger partial charge is 0.416 e. The lowest BCUT2D eigenvalue weighted by Gasteiger charge is -2.22. The van der Waals surface area contributed by atoms with Crippen LogP contribution in [0.15, 0.2) is 60.9 Å². The Bertz CT molecular complexity index is 1220. The van der Waals surface area contributed by atoms with Crippen LogP contribution >= 0.6 is 0 Å². The average molecular weight is 486 g/mol. The van der Waals surface area contributed by atoms with Crippen LogP contribution in [0.1, 0.15) is 35.0 Å². The molecule has 1 fully saturated rings. The second kappa shape index (κ2) is 9.81. The molecule has 2 unspecified atom stereocenters. The number of methoxy groups -OCH3 is 1. The van der Waals surface area contributed by atoms with Gasteiger partial charge in [0.2, 0.25) is 11.8 Å². The molecule has 3 aromatic rings. The van der Waals surface area contributed by atoms with Gasteiger partial charge in [0.1, 0.15) is 17.6 Å². The largest absolute Gasteiger partial charge is 0.497 e. The molecule has 0 bridgehead atoms. The van der Waals surface area contributed by atoms with E-state index in [4.69, 9.17) is 4.74 Å². The molecule has 7 nitrogen and oxygen atoms in total. The molecule has 0 spiro atoms. The summed E-state index contributed by atoms with van der Waals surface area (Å²) in [5, 5.41) is 3.00. The zero-order valence-electron chi connectivity index (χ0n) is 19.2. The number of carbonyl (C=O) groups excluding carboxylic acids is 2. The van der Waals surface area contributed by atoms with E-state index in [1.165, 1.54) is 17.0 Å². The SMILES string of the molecule is COc1cccc(C(NC(=O)C2CC(=O)N(Cc3cccc(C(F)(F)F)c3)C2)c2nccn2C)c1. The minimum atomic E-state index is -4.46. The average Bonchev–Trinajstić information content (AvgIpc) is 3.42. The van der Waals surface area contributed by atoms with Crippen molar-refractivity contribution < 1.29 is 27.5 Å². The number of imidazole rings is 1. The Morgan fingerprint density at radius 2 is 2.00 bits per heavy atom. The van der Waals surface area contributed by atoms with E-state index in [9.17, 15) is 22.8 Å². The minimum Gasteiger partial charge on any atom is -0.497 e. The van der Waals surface area contributed by atoms with Gasteiger partial charge in [-0.3, -0.25) is 9.59 Å². The van der Waals surface area contributed by atoms with E-state index >= 15 is 0 Å². The fourth-order valence-corrected chi connectivity index (χ4v) is 4.20. The maximum absolute atomic E-state index is 13.2. The number of ether oxygens (including phenoxy) is 1. The topological polar surface area (TPSA) is 76.5 Å². The third-order valence-electron chi connectivity index (χ3n) is 6.04. The quantitative estimate of drug-likeness (QED) is 0.553. The third kappa shape index (κ3) is 5.47. The molecular weight excluding hydrogens is 461 g/mol. The predicted molar refractivity (Wildman–Crippen MR) is 121 cm³/mol. The van der Waals surface area contributed by atoms with Gasteiger partial charge in [0.15, 0.2) is 0 Å². The van der Waals surface area contributed by atoms with E-state index in [2.05, 4.69) is 10.3 Å². The Morgan fingerprint density at radius 3 is 2.69 bits per heavy atom. The maximum atomic E-state index is 13.2. The van der Waals surface area contributed by atoms with E-state index in [0.29, 0.717) is 17.1 Å². The summed E-state index contributed by atoms with van der Waals surface area (Å²) in [4.78, 5) is 31.6. The number of amides is 2. The zero-order chi connectivity index (χ0) is 25.2. The molecule has 4 rings (SSSR count). The summed E-state index contributed by atoms with van der Waals surface area (Å²) in [5.41, 5.74) is 0.348. The van der Waals surface area contributed by atoms with Gasteiger partial charge in [-0.1, -0.05) is 24.3 Å². The first-order chi connectivity index (χ1) is 16.7. The highest BCUT2D eigenvalue weighted by Crippen LogP contribution is 2.31. The van der Waals surface area contributed by atoms with E-state index in [1.54, 1.807) is 36.2 Å². The van der Waals surface area contributed by atoms with Crippen molar-refractivity contribution in [3.8, 4) is 5.75 Å². The van der Waals surface area contributed by atoms with Crippen molar-refractivity contribution >= 4 is 11.8 Å². The lowest BCUT2D eigenvalue weighted by molar-refractivity contribution is -0.137. The van der Waals surface area contributed by atoms with Crippen LogP contribution in [-0.4, -0.2) is 39.9 Å². The molecule has 0 saturated carbocycles. The van der Waals surface area contributed by atoms with E-state index < -0.39 is 23.7 Å². The Hall–Kier alpha value is -3.82. The number of hydrogen-bond acceptors (Lipinski definition) is 4. The number of aromatic nitrogens is 2. The van der Waals surface area contributed by atoms with Crippen molar-refractivity contribution in [3.63, 3.8) is 0 Å². The van der Waals surface area contributed by atoms with Gasteiger partial charge in [0.05, 0.1) is 18.6 Å². The first kappa shape index (κ1) is 24.3. The third-order valence-corrected chi connectivity index (χ3v) is 6.04. The lowest BCUT2D eigenvalue weighted by atomic mass is 10.0. The molecule has 2 aromatic carbocycles. The van der Waals surface area contributed by atoms with Gasteiger partial charge in [0.25, 0.3) is 0 Å². The summed E-state index contributed by atoms with van der Waals surface area (Å²) in [6.07, 6.45) is -1.08. The molecule has 0 aliphatic carbocycles. The van der Waals surface area contributed by atoms with Crippen molar-refractivity contribution in [1.82, 2.24) is 19.8 Å². The molecule has 35 heavy (non-hydrogen) atoms. The normalized spacial score (nSPS) is 16.9. The fraction of sp³-hybridized carbons (Fsp3) is 0.320. The molecule has 184 valence electrons. The van der Waals surface area contributed by atoms with Crippen LogP contribution in [0.3, 0.4) is 0 Å². The van der Waals surface area contributed by atoms with Gasteiger partial charge in [-0.25, -0.2) is 4.98 Å². The van der Waals surface area contributed by atoms with Crippen molar-refractivity contribution in [2.75, 3.05) is 13.7 Å². The number of rotatable bonds is 7. The molecule has 1 aliphatic heterocycles. The zero-order valence-corrected chi connectivity index (χ0v) is 19.2. The van der Waals surface area contributed by atoms with Gasteiger partial charge in [-0.15, -0.1) is 0 Å². The first-order valence-electron chi connectivity index (χ1n) is 11.0. The van der Waals surface area contributed by atoms with Gasteiger partial charge >= 0.3 is 6.18 Å². The predicted octanol–water partition coefficient (Wildman–Crippen LogP) is 3.70. The van der Waals surface area contributed by atoms with Crippen molar-refractivity contribution in [2.24, 2.45) is 13.0 Å². The standard InChI is InChI=1S/C25H25F3N4O3/c1-31-10-9-29-23(31)22(17-6-4-8-20(12-17)35-2)30-24(34)18-13-21(33)32(15-18)14-16-5-3-7-19(11-16)25(26,27)28/h3-12,18,22H,13-15H2,1-2H3,(H,30,34). The summed E-state index contributed by atoms with van der Waals surface area (Å²) in [5.74, 6) is -0.0177. The van der Waals surface area contributed by atoms with Crippen molar-refractivity contribution in [3.05, 3.63) is 83.4 Å². The van der Waals surface area contributed by atoms with E-state index in [0.717, 1.165) is 17.7 Å². The molecule has 1 aromatic heterocycles. The van der Waals surface area contributed by atoms with Gasteiger partial charge < -0.3 is 19.5 Å². The van der Waals surface area contributed by atoms with E-state index in [1.807, 2.05) is 19.2 Å². The number of nitrogens with zero attached hydrogens (tertiary/aromatic N) is 3. The molecule has 1 N–H and O–H groups in total. The Labute approximate surface area is 200 Å². The Morgan fingerprint density at radius 1 is 1.23 bits per heavy atom. The summed E-state index contributed by atoms with van der Waals surface area (Å²) >= 11 is 0. The molecule has 1 aliphatic rings. The fourth-order valence-electron chi connectivity index (χ4n) is 4.20. The van der Waals surface area contributed by atoms with Gasteiger partial charge in [0, 0.05) is 39.0 Å². The number of nitrogens with one attached hydrogen (secondary N) is 1. The monoisotopic (exact) mass is 486 g/mol. The van der Waals surface area contributed by atoms with Crippen LogP contribution in [-0.2, 0) is 29.4 Å². The van der Waals surface area contributed by atoms with Crippen LogP contribution in [0.5, 0.6) is 5.75 Å². The second-order valence-corrected chi connectivity index (χ2v) is 8.49. The van der Waals surface area contributed by atoms with Gasteiger partial charge in [-0.2, -0.15) is 13.2 Å². The van der Waals surface area contributed by atoms with Crippen molar-refractivity contribution in [2.45, 2.75) is 25.2 Å². The number of benzene rings is 2.